The number of carbonyl (C=O) groups is 3. The summed E-state index contributed by atoms with van der Waals surface area (Å²) in [6.45, 7) is 7.70. The van der Waals surface area contributed by atoms with E-state index in [1.54, 1.807) is 61.7 Å². The number of Topliss-reactive ketones (excluding diaryl/α,β-unsaturated/α-hetero) is 1. The quantitative estimate of drug-likeness (QED) is 0.339. The third-order valence-electron chi connectivity index (χ3n) is 5.81. The Morgan fingerprint density at radius 2 is 1.82 bits per heavy atom. The molecule has 0 aliphatic rings. The summed E-state index contributed by atoms with van der Waals surface area (Å²) in [6.07, 6.45) is 1.52. The third-order valence-corrected chi connectivity index (χ3v) is 6.07. The number of esters is 1. The van der Waals surface area contributed by atoms with Crippen molar-refractivity contribution in [3.63, 3.8) is 0 Å². The Kier molecular flexibility index (Phi) is 7.43. The van der Waals surface area contributed by atoms with Crippen LogP contribution in [0.5, 0.6) is 0 Å². The van der Waals surface area contributed by atoms with Crippen LogP contribution < -0.4 is 0 Å². The topological polar surface area (TPSA) is 81.8 Å². The zero-order valence-corrected chi connectivity index (χ0v) is 20.1. The van der Waals surface area contributed by atoms with Crippen LogP contribution in [-0.4, -0.2) is 40.3 Å². The van der Waals surface area contributed by atoms with Crippen LogP contribution in [0.25, 0.3) is 0 Å². The lowest BCUT2D eigenvalue weighted by molar-refractivity contribution is 0.0585. The molecule has 3 rings (SSSR count). The van der Waals surface area contributed by atoms with E-state index in [1.807, 2.05) is 6.92 Å². The van der Waals surface area contributed by atoms with Gasteiger partial charge in [0.2, 0.25) is 0 Å². The van der Waals surface area contributed by atoms with Gasteiger partial charge in [-0.15, -0.1) is 0 Å². The van der Waals surface area contributed by atoms with E-state index in [-0.39, 0.29) is 18.2 Å². The maximum Gasteiger partial charge on any atom is 0.354 e. The van der Waals surface area contributed by atoms with Crippen LogP contribution in [0, 0.1) is 13.8 Å². The number of hydrogen-bond donors (Lipinski definition) is 0. The number of amides is 1. The third kappa shape index (κ3) is 4.73. The second-order valence-electron chi connectivity index (χ2n) is 7.73. The molecule has 0 saturated carbocycles. The van der Waals surface area contributed by atoms with E-state index in [0.717, 1.165) is 0 Å². The minimum absolute atomic E-state index is 0.109. The molecule has 0 bridgehead atoms. The Labute approximate surface area is 197 Å². The monoisotopic (exact) mass is 470 g/mol. The molecule has 1 amide bonds. The highest BCUT2D eigenvalue weighted by molar-refractivity contribution is 6.30. The Balaban J connectivity index is 2.04. The molecule has 7 nitrogen and oxygen atoms in total. The number of ether oxygens (including phenoxy) is 1. The van der Waals surface area contributed by atoms with Crippen LogP contribution in [0.3, 0.4) is 0 Å². The fourth-order valence-electron chi connectivity index (χ4n) is 4.08. The Hall–Kier alpha value is -3.32. The molecular formula is C25H27ClN2O5. The highest BCUT2D eigenvalue weighted by Crippen LogP contribution is 2.27. The predicted molar refractivity (Wildman–Crippen MR) is 125 cm³/mol. The second-order valence-corrected chi connectivity index (χ2v) is 8.17. The van der Waals surface area contributed by atoms with Gasteiger partial charge in [0, 0.05) is 28.4 Å². The van der Waals surface area contributed by atoms with Crippen molar-refractivity contribution in [3.8, 4) is 0 Å². The van der Waals surface area contributed by atoms with Gasteiger partial charge in [0.15, 0.2) is 5.78 Å². The lowest BCUT2D eigenvalue weighted by Crippen LogP contribution is -2.43. The molecule has 174 valence electrons. The van der Waals surface area contributed by atoms with Gasteiger partial charge in [-0.3, -0.25) is 9.59 Å². The molecule has 0 aliphatic heterocycles. The van der Waals surface area contributed by atoms with Crippen molar-refractivity contribution >= 4 is 29.3 Å². The first kappa shape index (κ1) is 24.3. The number of hydrogen-bond acceptors (Lipinski definition) is 5. The molecule has 0 fully saturated rings. The van der Waals surface area contributed by atoms with Crippen molar-refractivity contribution < 1.29 is 23.5 Å². The van der Waals surface area contributed by atoms with Gasteiger partial charge in [-0.2, -0.15) is 0 Å². The maximum atomic E-state index is 13.7. The summed E-state index contributed by atoms with van der Waals surface area (Å²) in [5.41, 5.74) is 2.35. The summed E-state index contributed by atoms with van der Waals surface area (Å²) in [4.78, 5) is 41.0. The van der Waals surface area contributed by atoms with E-state index in [4.69, 9.17) is 20.8 Å². The number of ketones is 1. The van der Waals surface area contributed by atoms with Crippen LogP contribution >= 0.6 is 11.6 Å². The van der Waals surface area contributed by atoms with E-state index in [2.05, 4.69) is 0 Å². The number of rotatable bonds is 8. The molecule has 2 aromatic heterocycles. The van der Waals surface area contributed by atoms with Crippen LogP contribution in [-0.2, 0) is 17.8 Å². The summed E-state index contributed by atoms with van der Waals surface area (Å²) >= 11 is 5.97. The fourth-order valence-corrected chi connectivity index (χ4v) is 4.20. The summed E-state index contributed by atoms with van der Waals surface area (Å²) in [7, 11) is 1.31. The molecule has 2 heterocycles. The molecule has 3 aromatic rings. The molecule has 1 atom stereocenters. The van der Waals surface area contributed by atoms with Gasteiger partial charge in [-0.1, -0.05) is 11.6 Å². The fraction of sp³-hybridized carbons (Fsp3) is 0.320. The van der Waals surface area contributed by atoms with Crippen molar-refractivity contribution in [1.29, 1.82) is 0 Å². The Bertz CT molecular complexity index is 1160. The van der Waals surface area contributed by atoms with Gasteiger partial charge < -0.3 is 18.6 Å². The van der Waals surface area contributed by atoms with Crippen molar-refractivity contribution in [2.45, 2.75) is 46.8 Å². The first-order valence-electron chi connectivity index (χ1n) is 10.6. The number of methoxy groups -OCH3 is 1. The van der Waals surface area contributed by atoms with Crippen LogP contribution in [0.4, 0.5) is 0 Å². The average molecular weight is 471 g/mol. The van der Waals surface area contributed by atoms with E-state index in [0.29, 0.717) is 45.4 Å². The van der Waals surface area contributed by atoms with Crippen molar-refractivity contribution in [3.05, 3.63) is 81.5 Å². The van der Waals surface area contributed by atoms with Gasteiger partial charge >= 0.3 is 5.97 Å². The lowest BCUT2D eigenvalue weighted by atomic mass is 9.99. The SMILES string of the molecule is CCn1c(C)c(C(=O)[C@H](C)N(Cc2ccco2)C(=O)c2ccc(Cl)cc2)c(C)c1C(=O)OC. The minimum Gasteiger partial charge on any atom is -0.467 e. The standard InChI is InChI=1S/C25H27ClN2O5/c1-6-27-16(3)21(15(2)22(27)25(31)32-5)23(29)17(4)28(14-20-8-7-13-33-20)24(30)18-9-11-19(26)12-10-18/h7-13,17H,6,14H2,1-5H3/t17-/m0/s1. The highest BCUT2D eigenvalue weighted by atomic mass is 35.5. The van der Waals surface area contributed by atoms with E-state index in [9.17, 15) is 14.4 Å². The Morgan fingerprint density at radius 3 is 2.36 bits per heavy atom. The van der Waals surface area contributed by atoms with Gasteiger partial charge in [0.05, 0.1) is 26.0 Å². The van der Waals surface area contributed by atoms with E-state index < -0.39 is 12.0 Å². The van der Waals surface area contributed by atoms with Crippen molar-refractivity contribution in [2.75, 3.05) is 7.11 Å². The zero-order valence-electron chi connectivity index (χ0n) is 19.3. The van der Waals surface area contributed by atoms with Crippen molar-refractivity contribution in [1.82, 2.24) is 9.47 Å². The predicted octanol–water partition coefficient (Wildman–Crippen LogP) is 5.07. The van der Waals surface area contributed by atoms with Crippen molar-refractivity contribution in [2.24, 2.45) is 0 Å². The molecule has 33 heavy (non-hydrogen) atoms. The summed E-state index contributed by atoms with van der Waals surface area (Å²) in [5, 5.41) is 0.510. The van der Waals surface area contributed by atoms with Crippen LogP contribution in [0.15, 0.2) is 47.1 Å². The molecule has 8 heteroatoms. The van der Waals surface area contributed by atoms with E-state index >= 15 is 0 Å². The lowest BCUT2D eigenvalue weighted by Gasteiger charge is -2.28. The minimum atomic E-state index is -0.825. The Morgan fingerprint density at radius 1 is 1.15 bits per heavy atom. The molecule has 0 saturated heterocycles. The van der Waals surface area contributed by atoms with Gasteiger partial charge in [0.1, 0.15) is 11.5 Å². The molecule has 1 aromatic carbocycles. The molecule has 0 spiro atoms. The number of aromatic nitrogens is 1. The number of halogens is 1. The summed E-state index contributed by atoms with van der Waals surface area (Å²) < 4.78 is 12.1. The molecule has 0 N–H and O–H groups in total. The largest absolute Gasteiger partial charge is 0.467 e. The normalized spacial score (nSPS) is 11.8. The van der Waals surface area contributed by atoms with Crippen LogP contribution in [0.1, 0.15) is 62.1 Å². The summed E-state index contributed by atoms with van der Waals surface area (Å²) in [5.74, 6) is -0.556. The van der Waals surface area contributed by atoms with E-state index in [1.165, 1.54) is 18.3 Å². The van der Waals surface area contributed by atoms with Gasteiger partial charge in [-0.05, 0) is 69.7 Å². The molecule has 0 unspecified atom stereocenters. The highest BCUT2D eigenvalue weighted by Gasteiger charge is 2.33. The second kappa shape index (κ2) is 10.1. The average Bonchev–Trinajstić information content (AvgIpc) is 3.41. The molecule has 0 aliphatic carbocycles. The number of benzene rings is 1. The first-order chi connectivity index (χ1) is 15.7. The number of nitrogens with zero attached hydrogens (tertiary/aromatic N) is 2. The molecular weight excluding hydrogens is 444 g/mol. The van der Waals surface area contributed by atoms with Gasteiger partial charge in [0.25, 0.3) is 5.91 Å². The number of furan rings is 1. The first-order valence-corrected chi connectivity index (χ1v) is 11.0. The summed E-state index contributed by atoms with van der Waals surface area (Å²) in [6, 6.07) is 9.15. The van der Waals surface area contributed by atoms with Gasteiger partial charge in [-0.25, -0.2) is 4.79 Å². The molecule has 0 radical (unpaired) electrons. The number of carbonyl (C=O) groups excluding carboxylic acids is 3. The van der Waals surface area contributed by atoms with Crippen LogP contribution in [0.2, 0.25) is 5.02 Å². The maximum absolute atomic E-state index is 13.7. The smallest absolute Gasteiger partial charge is 0.354 e. The zero-order chi connectivity index (χ0) is 24.3.